The second kappa shape index (κ2) is 4.22. The molecule has 0 spiro atoms. The van der Waals surface area contributed by atoms with Crippen molar-refractivity contribution in [3.8, 4) is 0 Å². The summed E-state index contributed by atoms with van der Waals surface area (Å²) in [6.45, 7) is 1.17. The molecule has 1 fully saturated rings. The number of nitrogens with zero attached hydrogens (tertiary/aromatic N) is 1. The highest BCUT2D eigenvalue weighted by Crippen LogP contribution is 2.20. The fraction of sp³-hybridized carbons (Fsp3) is 0.357. The molecular formula is C14H16N2. The van der Waals surface area contributed by atoms with Crippen LogP contribution in [0.25, 0.3) is 10.8 Å². The van der Waals surface area contributed by atoms with Crippen molar-refractivity contribution in [1.29, 1.82) is 0 Å². The molecular weight excluding hydrogens is 196 g/mol. The number of hydrogen-bond donors (Lipinski definition) is 1. The van der Waals surface area contributed by atoms with E-state index in [-0.39, 0.29) is 0 Å². The topological polar surface area (TPSA) is 24.9 Å². The molecule has 1 aliphatic rings. The van der Waals surface area contributed by atoms with E-state index in [9.17, 15) is 0 Å². The van der Waals surface area contributed by atoms with E-state index >= 15 is 0 Å². The number of rotatable bonds is 2. The van der Waals surface area contributed by atoms with Crippen LogP contribution in [0.5, 0.6) is 0 Å². The predicted octanol–water partition coefficient (Wildman–Crippen LogP) is 2.53. The smallest absolute Gasteiger partial charge is 0.0346 e. The summed E-state index contributed by atoms with van der Waals surface area (Å²) in [5, 5.41) is 6.14. The fourth-order valence-electron chi connectivity index (χ4n) is 2.54. The minimum atomic E-state index is 0.646. The molecule has 82 valence electrons. The van der Waals surface area contributed by atoms with Crippen LogP contribution in [-0.2, 0) is 6.42 Å². The highest BCUT2D eigenvalue weighted by atomic mass is 14.9. The van der Waals surface area contributed by atoms with Gasteiger partial charge in [0.15, 0.2) is 0 Å². The van der Waals surface area contributed by atoms with Crippen LogP contribution < -0.4 is 5.32 Å². The lowest BCUT2D eigenvalue weighted by molar-refractivity contribution is 0.604. The third kappa shape index (κ3) is 1.81. The monoisotopic (exact) mass is 212 g/mol. The summed E-state index contributed by atoms with van der Waals surface area (Å²) in [4.78, 5) is 4.33. The molecule has 0 amide bonds. The summed E-state index contributed by atoms with van der Waals surface area (Å²) in [6.07, 6.45) is 7.67. The van der Waals surface area contributed by atoms with E-state index in [0.29, 0.717) is 6.04 Å². The largest absolute Gasteiger partial charge is 0.314 e. The first-order valence-electron chi connectivity index (χ1n) is 5.98. The van der Waals surface area contributed by atoms with Crippen LogP contribution in [0.15, 0.2) is 36.7 Å². The van der Waals surface area contributed by atoms with E-state index in [1.54, 1.807) is 0 Å². The van der Waals surface area contributed by atoms with Crippen molar-refractivity contribution in [2.75, 3.05) is 6.54 Å². The molecule has 1 aromatic carbocycles. The molecule has 16 heavy (non-hydrogen) atoms. The number of benzene rings is 1. The normalized spacial score (nSPS) is 20.4. The predicted molar refractivity (Wildman–Crippen MR) is 66.5 cm³/mol. The van der Waals surface area contributed by atoms with Crippen LogP contribution in [0, 0.1) is 0 Å². The van der Waals surface area contributed by atoms with Gasteiger partial charge in [-0.3, -0.25) is 4.98 Å². The molecule has 0 radical (unpaired) electrons. The van der Waals surface area contributed by atoms with Crippen molar-refractivity contribution in [2.24, 2.45) is 0 Å². The Morgan fingerprint density at radius 1 is 1.25 bits per heavy atom. The van der Waals surface area contributed by atoms with Gasteiger partial charge in [0.05, 0.1) is 0 Å². The molecule has 1 saturated heterocycles. The lowest BCUT2D eigenvalue weighted by Crippen LogP contribution is -2.23. The van der Waals surface area contributed by atoms with Crippen molar-refractivity contribution < 1.29 is 0 Å². The Balaban J connectivity index is 1.96. The molecule has 1 aromatic heterocycles. The second-order valence-corrected chi connectivity index (χ2v) is 4.52. The van der Waals surface area contributed by atoms with Crippen molar-refractivity contribution in [1.82, 2.24) is 10.3 Å². The van der Waals surface area contributed by atoms with Gasteiger partial charge in [-0.25, -0.2) is 0 Å². The Labute approximate surface area is 95.7 Å². The Bertz CT molecular complexity index is 482. The molecule has 2 heteroatoms. The number of hydrogen-bond acceptors (Lipinski definition) is 2. The van der Waals surface area contributed by atoms with E-state index < -0.39 is 0 Å². The van der Waals surface area contributed by atoms with Crippen LogP contribution >= 0.6 is 0 Å². The first kappa shape index (κ1) is 9.79. The van der Waals surface area contributed by atoms with Crippen molar-refractivity contribution in [3.05, 3.63) is 42.2 Å². The molecule has 1 atom stereocenters. The molecule has 3 rings (SSSR count). The highest BCUT2D eigenvalue weighted by molar-refractivity contribution is 5.84. The summed E-state index contributed by atoms with van der Waals surface area (Å²) in [6, 6.07) is 9.15. The summed E-state index contributed by atoms with van der Waals surface area (Å²) in [5.41, 5.74) is 1.37. The molecule has 2 heterocycles. The molecule has 2 nitrogen and oxygen atoms in total. The van der Waals surface area contributed by atoms with Gasteiger partial charge >= 0.3 is 0 Å². The molecule has 0 aliphatic carbocycles. The van der Waals surface area contributed by atoms with Crippen molar-refractivity contribution >= 4 is 10.8 Å². The number of pyridine rings is 1. The zero-order valence-electron chi connectivity index (χ0n) is 9.32. The van der Waals surface area contributed by atoms with Gasteiger partial charge in [0.2, 0.25) is 0 Å². The average molecular weight is 212 g/mol. The maximum atomic E-state index is 4.33. The first-order valence-corrected chi connectivity index (χ1v) is 5.98. The Hall–Kier alpha value is -1.41. The standard InChI is InChI=1S/C14H16N2/c1-2-6-14-11(4-1)9-15-10-12(14)8-13-5-3-7-16-13/h1-2,4,6,9-10,13,16H,3,5,7-8H2/t13-/m1/s1. The van der Waals surface area contributed by atoms with Crippen molar-refractivity contribution in [3.63, 3.8) is 0 Å². The van der Waals surface area contributed by atoms with Gasteiger partial charge < -0.3 is 5.32 Å². The van der Waals surface area contributed by atoms with Gasteiger partial charge in [-0.1, -0.05) is 24.3 Å². The Morgan fingerprint density at radius 2 is 2.19 bits per heavy atom. The van der Waals surface area contributed by atoms with E-state index in [0.717, 1.165) is 6.42 Å². The van der Waals surface area contributed by atoms with Gasteiger partial charge in [0.1, 0.15) is 0 Å². The van der Waals surface area contributed by atoms with Crippen molar-refractivity contribution in [2.45, 2.75) is 25.3 Å². The summed E-state index contributed by atoms with van der Waals surface area (Å²) in [5.74, 6) is 0. The molecule has 0 saturated carbocycles. The molecule has 0 unspecified atom stereocenters. The van der Waals surface area contributed by atoms with Crippen LogP contribution in [0.2, 0.25) is 0 Å². The van der Waals surface area contributed by atoms with Gasteiger partial charge in [-0.2, -0.15) is 0 Å². The second-order valence-electron chi connectivity index (χ2n) is 4.52. The highest BCUT2D eigenvalue weighted by Gasteiger charge is 2.15. The van der Waals surface area contributed by atoms with E-state index in [4.69, 9.17) is 0 Å². The van der Waals surface area contributed by atoms with Crippen LogP contribution in [0.3, 0.4) is 0 Å². The molecule has 1 aliphatic heterocycles. The lowest BCUT2D eigenvalue weighted by Gasteiger charge is -2.11. The van der Waals surface area contributed by atoms with Gasteiger partial charge in [-0.15, -0.1) is 0 Å². The zero-order chi connectivity index (χ0) is 10.8. The molecule has 0 bridgehead atoms. The van der Waals surface area contributed by atoms with Crippen LogP contribution in [0.1, 0.15) is 18.4 Å². The minimum Gasteiger partial charge on any atom is -0.314 e. The third-order valence-corrected chi connectivity index (χ3v) is 3.38. The van der Waals surface area contributed by atoms with Crippen LogP contribution in [-0.4, -0.2) is 17.6 Å². The fourth-order valence-corrected chi connectivity index (χ4v) is 2.54. The Kier molecular flexibility index (Phi) is 2.58. The lowest BCUT2D eigenvalue weighted by atomic mass is 10.0. The number of nitrogens with one attached hydrogen (secondary N) is 1. The Morgan fingerprint density at radius 3 is 3.06 bits per heavy atom. The van der Waals surface area contributed by atoms with E-state index in [1.807, 2.05) is 12.4 Å². The van der Waals surface area contributed by atoms with Gasteiger partial charge in [-0.05, 0) is 36.8 Å². The van der Waals surface area contributed by atoms with Gasteiger partial charge in [0, 0.05) is 23.8 Å². The van der Waals surface area contributed by atoms with Crippen LogP contribution in [0.4, 0.5) is 0 Å². The zero-order valence-corrected chi connectivity index (χ0v) is 9.32. The summed E-state index contributed by atoms with van der Waals surface area (Å²) < 4.78 is 0. The summed E-state index contributed by atoms with van der Waals surface area (Å²) >= 11 is 0. The van der Waals surface area contributed by atoms with E-state index in [1.165, 1.54) is 35.7 Å². The van der Waals surface area contributed by atoms with E-state index in [2.05, 4.69) is 34.6 Å². The maximum Gasteiger partial charge on any atom is 0.0346 e. The summed E-state index contributed by atoms with van der Waals surface area (Å²) in [7, 11) is 0. The first-order chi connectivity index (χ1) is 7.93. The number of fused-ring (bicyclic) bond motifs is 1. The maximum absolute atomic E-state index is 4.33. The molecule has 1 N–H and O–H groups in total. The number of aromatic nitrogens is 1. The molecule has 2 aromatic rings. The minimum absolute atomic E-state index is 0.646. The quantitative estimate of drug-likeness (QED) is 0.827. The average Bonchev–Trinajstić information content (AvgIpc) is 2.82. The third-order valence-electron chi connectivity index (χ3n) is 3.38. The SMILES string of the molecule is c1ccc2c(C[C@H]3CCCN3)cncc2c1. The van der Waals surface area contributed by atoms with Gasteiger partial charge in [0.25, 0.3) is 0 Å².